The van der Waals surface area contributed by atoms with E-state index < -0.39 is 0 Å². The third-order valence-electron chi connectivity index (χ3n) is 5.31. The Morgan fingerprint density at radius 3 is 2.50 bits per heavy atom. The van der Waals surface area contributed by atoms with Gasteiger partial charge in [-0.2, -0.15) is 0 Å². The number of hydrogen-bond donors (Lipinski definition) is 2. The van der Waals surface area contributed by atoms with Crippen LogP contribution in [0.25, 0.3) is 0 Å². The zero-order valence-corrected chi connectivity index (χ0v) is 12.2. The summed E-state index contributed by atoms with van der Waals surface area (Å²) in [7, 11) is 0. The van der Waals surface area contributed by atoms with Gasteiger partial charge in [-0.15, -0.1) is 0 Å². The first-order chi connectivity index (χ1) is 9.60. The fourth-order valence-corrected chi connectivity index (χ4v) is 3.75. The average Bonchev–Trinajstić information content (AvgIpc) is 2.89. The number of aryl methyl sites for hydroxylation is 1. The Morgan fingerprint density at radius 1 is 1.30 bits per heavy atom. The second-order valence-corrected chi connectivity index (χ2v) is 6.54. The summed E-state index contributed by atoms with van der Waals surface area (Å²) < 4.78 is 0. The summed E-state index contributed by atoms with van der Waals surface area (Å²) in [5, 5.41) is 9.65. The lowest BCUT2D eigenvalue weighted by molar-refractivity contribution is 0.0168. The van der Waals surface area contributed by atoms with Crippen LogP contribution in [0, 0.1) is 12.3 Å². The predicted molar refractivity (Wildman–Crippen MR) is 77.6 cm³/mol. The van der Waals surface area contributed by atoms with Crippen molar-refractivity contribution in [2.45, 2.75) is 51.6 Å². The smallest absolute Gasteiger partial charge is 0.255 e. The van der Waals surface area contributed by atoms with Crippen LogP contribution in [-0.2, 0) is 0 Å². The number of nitrogens with one attached hydrogen (secondary N) is 1. The minimum Gasteiger partial charge on any atom is -0.393 e. The maximum atomic E-state index is 12.5. The van der Waals surface area contributed by atoms with E-state index in [0.717, 1.165) is 62.9 Å². The molecule has 0 bridgehead atoms. The van der Waals surface area contributed by atoms with Gasteiger partial charge >= 0.3 is 0 Å². The van der Waals surface area contributed by atoms with Crippen LogP contribution in [0.4, 0.5) is 0 Å². The molecular formula is C16H24N2O2. The summed E-state index contributed by atoms with van der Waals surface area (Å²) in [5.74, 6) is 0.162. The molecule has 0 radical (unpaired) electrons. The zero-order valence-electron chi connectivity index (χ0n) is 12.2. The highest BCUT2D eigenvalue weighted by Crippen LogP contribution is 2.44. The number of aromatic amines is 1. The van der Waals surface area contributed by atoms with Gasteiger partial charge in [-0.05, 0) is 56.9 Å². The molecule has 110 valence electrons. The van der Waals surface area contributed by atoms with E-state index in [0.29, 0.717) is 5.41 Å². The third-order valence-corrected chi connectivity index (χ3v) is 5.31. The molecule has 2 N–H and O–H groups in total. The van der Waals surface area contributed by atoms with Gasteiger partial charge in [-0.1, -0.05) is 0 Å². The van der Waals surface area contributed by atoms with E-state index in [1.165, 1.54) is 0 Å². The van der Waals surface area contributed by atoms with Crippen LogP contribution in [0.15, 0.2) is 12.3 Å². The van der Waals surface area contributed by atoms with Crippen molar-refractivity contribution in [1.29, 1.82) is 0 Å². The summed E-state index contributed by atoms with van der Waals surface area (Å²) in [4.78, 5) is 17.5. The van der Waals surface area contributed by atoms with Gasteiger partial charge in [0, 0.05) is 25.0 Å². The summed E-state index contributed by atoms with van der Waals surface area (Å²) in [6.07, 6.45) is 8.04. The highest BCUT2D eigenvalue weighted by atomic mass is 16.3. The van der Waals surface area contributed by atoms with Crippen molar-refractivity contribution < 1.29 is 9.90 Å². The Morgan fingerprint density at radius 2 is 1.95 bits per heavy atom. The molecule has 1 aromatic rings. The first-order valence-corrected chi connectivity index (χ1v) is 7.71. The van der Waals surface area contributed by atoms with Crippen molar-refractivity contribution in [2.24, 2.45) is 5.41 Å². The summed E-state index contributed by atoms with van der Waals surface area (Å²) in [6, 6.07) is 1.87. The van der Waals surface area contributed by atoms with Crippen LogP contribution in [0.3, 0.4) is 0 Å². The monoisotopic (exact) mass is 276 g/mol. The van der Waals surface area contributed by atoms with Crippen molar-refractivity contribution in [3.8, 4) is 0 Å². The minimum absolute atomic E-state index is 0.0946. The Labute approximate surface area is 120 Å². The molecule has 2 fully saturated rings. The van der Waals surface area contributed by atoms with Crippen molar-refractivity contribution in [3.63, 3.8) is 0 Å². The number of aliphatic hydroxyl groups is 1. The van der Waals surface area contributed by atoms with E-state index in [4.69, 9.17) is 0 Å². The van der Waals surface area contributed by atoms with Crippen LogP contribution in [0.2, 0.25) is 0 Å². The summed E-state index contributed by atoms with van der Waals surface area (Å²) >= 11 is 0. The Kier molecular flexibility index (Phi) is 3.59. The van der Waals surface area contributed by atoms with Gasteiger partial charge in [0.05, 0.1) is 11.7 Å². The largest absolute Gasteiger partial charge is 0.393 e. The molecule has 20 heavy (non-hydrogen) atoms. The van der Waals surface area contributed by atoms with Gasteiger partial charge in [0.15, 0.2) is 0 Å². The number of H-pyrrole nitrogens is 1. The van der Waals surface area contributed by atoms with E-state index in [2.05, 4.69) is 4.98 Å². The molecule has 2 aliphatic rings. The minimum atomic E-state index is -0.0946. The van der Waals surface area contributed by atoms with E-state index in [1.54, 1.807) is 0 Å². The lowest BCUT2D eigenvalue weighted by Gasteiger charge is -2.45. The first-order valence-electron chi connectivity index (χ1n) is 7.71. The van der Waals surface area contributed by atoms with Crippen LogP contribution >= 0.6 is 0 Å². The third kappa shape index (κ3) is 2.49. The van der Waals surface area contributed by atoms with Gasteiger partial charge < -0.3 is 15.0 Å². The highest BCUT2D eigenvalue weighted by Gasteiger charge is 2.38. The topological polar surface area (TPSA) is 56.3 Å². The molecule has 1 aromatic heterocycles. The lowest BCUT2D eigenvalue weighted by Crippen LogP contribution is -2.45. The van der Waals surface area contributed by atoms with Crippen molar-refractivity contribution >= 4 is 5.91 Å². The van der Waals surface area contributed by atoms with Gasteiger partial charge in [0.25, 0.3) is 5.91 Å². The number of carbonyl (C=O) groups is 1. The van der Waals surface area contributed by atoms with Gasteiger partial charge in [-0.25, -0.2) is 0 Å². The Bertz CT molecular complexity index is 476. The Hall–Kier alpha value is -1.29. The van der Waals surface area contributed by atoms with E-state index in [9.17, 15) is 9.90 Å². The molecule has 0 aromatic carbocycles. The number of amides is 1. The summed E-state index contributed by atoms with van der Waals surface area (Å²) in [5.41, 5.74) is 2.15. The van der Waals surface area contributed by atoms with Crippen molar-refractivity contribution in [1.82, 2.24) is 9.88 Å². The van der Waals surface area contributed by atoms with Crippen LogP contribution in [0.5, 0.6) is 0 Å². The van der Waals surface area contributed by atoms with E-state index in [-0.39, 0.29) is 12.0 Å². The number of aromatic nitrogens is 1. The number of piperidine rings is 1. The van der Waals surface area contributed by atoms with Crippen LogP contribution < -0.4 is 0 Å². The maximum Gasteiger partial charge on any atom is 0.255 e. The molecule has 3 rings (SSSR count). The lowest BCUT2D eigenvalue weighted by atomic mass is 9.67. The number of nitrogens with zero attached hydrogens (tertiary/aromatic N) is 1. The number of likely N-dealkylation sites (tertiary alicyclic amines) is 1. The average molecular weight is 276 g/mol. The fraction of sp³-hybridized carbons (Fsp3) is 0.688. The number of carbonyl (C=O) groups excluding carboxylic acids is 1. The normalized spacial score (nSPS) is 23.2. The van der Waals surface area contributed by atoms with E-state index >= 15 is 0 Å². The number of rotatable bonds is 1. The predicted octanol–water partition coefficient (Wildman–Crippen LogP) is 2.48. The van der Waals surface area contributed by atoms with Gasteiger partial charge in [0.1, 0.15) is 0 Å². The second kappa shape index (κ2) is 5.24. The highest BCUT2D eigenvalue weighted by molar-refractivity contribution is 5.95. The van der Waals surface area contributed by atoms with Crippen LogP contribution in [-0.4, -0.2) is 40.1 Å². The number of aliphatic hydroxyl groups excluding tert-OH is 1. The van der Waals surface area contributed by atoms with Crippen molar-refractivity contribution in [3.05, 3.63) is 23.5 Å². The zero-order chi connectivity index (χ0) is 14.2. The molecule has 4 heteroatoms. The first kappa shape index (κ1) is 13.7. The second-order valence-electron chi connectivity index (χ2n) is 6.54. The fourth-order valence-electron chi connectivity index (χ4n) is 3.75. The molecule has 2 heterocycles. The van der Waals surface area contributed by atoms with E-state index in [1.807, 2.05) is 24.1 Å². The molecule has 1 spiro atoms. The SMILES string of the molecule is Cc1[nH]ccc1C(=O)N1CCC2(CCC(O)CC2)CC1. The molecule has 1 amide bonds. The van der Waals surface area contributed by atoms with Gasteiger partial charge in [0.2, 0.25) is 0 Å². The summed E-state index contributed by atoms with van der Waals surface area (Å²) in [6.45, 7) is 3.67. The standard InChI is InChI=1S/C16H24N2O2/c1-12-14(4-9-17-12)15(20)18-10-7-16(8-11-18)5-2-13(19)3-6-16/h4,9,13,17,19H,2-3,5-8,10-11H2,1H3. The molecule has 0 unspecified atom stereocenters. The molecule has 0 atom stereocenters. The molecule has 1 aliphatic carbocycles. The van der Waals surface area contributed by atoms with Crippen LogP contribution in [0.1, 0.15) is 54.6 Å². The molecular weight excluding hydrogens is 252 g/mol. The molecule has 1 saturated carbocycles. The Balaban J connectivity index is 1.61. The number of hydrogen-bond acceptors (Lipinski definition) is 2. The molecule has 4 nitrogen and oxygen atoms in total. The maximum absolute atomic E-state index is 12.5. The quantitative estimate of drug-likeness (QED) is 0.828. The molecule has 1 aliphatic heterocycles. The van der Waals surface area contributed by atoms with Crippen molar-refractivity contribution in [2.75, 3.05) is 13.1 Å². The molecule has 1 saturated heterocycles. The van der Waals surface area contributed by atoms with Gasteiger partial charge in [-0.3, -0.25) is 4.79 Å².